The molecule has 1 amide bonds. The van der Waals surface area contributed by atoms with Crippen molar-refractivity contribution < 1.29 is 13.2 Å². The van der Waals surface area contributed by atoms with Crippen molar-refractivity contribution in [1.29, 1.82) is 0 Å². The third-order valence-corrected chi connectivity index (χ3v) is 7.27. The molecule has 0 saturated carbocycles. The van der Waals surface area contributed by atoms with Gasteiger partial charge in [-0.15, -0.1) is 0 Å². The molecule has 27 heavy (non-hydrogen) atoms. The van der Waals surface area contributed by atoms with Crippen molar-refractivity contribution in [3.8, 4) is 0 Å². The molecular weight excluding hydrogens is 407 g/mol. The number of sulfonamides is 1. The highest BCUT2D eigenvalue weighted by atomic mass is 35.5. The number of hydrogen-bond donors (Lipinski definition) is 1. The summed E-state index contributed by atoms with van der Waals surface area (Å²) < 4.78 is 27.2. The van der Waals surface area contributed by atoms with Crippen LogP contribution in [0.5, 0.6) is 0 Å². The molecule has 1 heterocycles. The second-order valence-electron chi connectivity index (χ2n) is 6.38. The van der Waals surface area contributed by atoms with Crippen molar-refractivity contribution in [3.05, 3.63) is 63.6 Å². The Morgan fingerprint density at radius 1 is 1.00 bits per heavy atom. The van der Waals surface area contributed by atoms with Crippen LogP contribution < -0.4 is 5.32 Å². The molecule has 1 N–H and O–H groups in total. The Morgan fingerprint density at radius 2 is 1.70 bits per heavy atom. The molecule has 1 fully saturated rings. The summed E-state index contributed by atoms with van der Waals surface area (Å²) in [4.78, 5) is 12.5. The number of hydrogen-bond acceptors (Lipinski definition) is 3. The molecule has 0 radical (unpaired) electrons. The van der Waals surface area contributed by atoms with Gasteiger partial charge in [-0.3, -0.25) is 4.79 Å². The van der Waals surface area contributed by atoms with Gasteiger partial charge in [-0.05, 0) is 42.7 Å². The molecular formula is C19H20Cl2N2O3S. The van der Waals surface area contributed by atoms with Gasteiger partial charge in [-0.25, -0.2) is 8.42 Å². The number of carbonyl (C=O) groups excluding carboxylic acids is 1. The molecule has 0 aromatic heterocycles. The molecule has 1 saturated heterocycles. The monoisotopic (exact) mass is 426 g/mol. The molecule has 0 atom stereocenters. The topological polar surface area (TPSA) is 66.5 Å². The Labute approximate surface area is 169 Å². The quantitative estimate of drug-likeness (QED) is 0.782. The lowest BCUT2D eigenvalue weighted by Gasteiger charge is -2.26. The zero-order valence-electron chi connectivity index (χ0n) is 14.6. The third kappa shape index (κ3) is 4.63. The molecule has 5 nitrogen and oxygen atoms in total. The minimum Gasteiger partial charge on any atom is -0.348 e. The minimum atomic E-state index is -3.72. The van der Waals surface area contributed by atoms with Crippen LogP contribution in [-0.4, -0.2) is 31.7 Å². The van der Waals surface area contributed by atoms with Crippen LogP contribution >= 0.6 is 23.2 Å². The second-order valence-corrected chi connectivity index (χ2v) is 9.10. The van der Waals surface area contributed by atoms with Gasteiger partial charge in [0.05, 0.1) is 5.02 Å². The fraction of sp³-hybridized carbons (Fsp3) is 0.316. The van der Waals surface area contributed by atoms with Crippen LogP contribution in [0.4, 0.5) is 0 Å². The Morgan fingerprint density at radius 3 is 2.41 bits per heavy atom. The highest BCUT2D eigenvalue weighted by Crippen LogP contribution is 2.28. The van der Waals surface area contributed by atoms with Crippen LogP contribution in [-0.2, 0) is 16.6 Å². The number of benzene rings is 2. The number of rotatable bonds is 5. The zero-order valence-corrected chi connectivity index (χ0v) is 16.9. The van der Waals surface area contributed by atoms with Gasteiger partial charge in [0.15, 0.2) is 0 Å². The van der Waals surface area contributed by atoms with E-state index in [1.807, 2.05) is 18.2 Å². The van der Waals surface area contributed by atoms with Crippen molar-refractivity contribution in [2.24, 2.45) is 0 Å². The lowest BCUT2D eigenvalue weighted by atomic mass is 10.2. The highest BCUT2D eigenvalue weighted by molar-refractivity contribution is 7.89. The van der Waals surface area contributed by atoms with E-state index in [2.05, 4.69) is 5.32 Å². The zero-order chi connectivity index (χ0) is 19.4. The van der Waals surface area contributed by atoms with E-state index in [0.717, 1.165) is 24.8 Å². The summed E-state index contributed by atoms with van der Waals surface area (Å²) in [6.07, 6.45) is 2.67. The highest BCUT2D eigenvalue weighted by Gasteiger charge is 2.28. The van der Waals surface area contributed by atoms with Crippen LogP contribution in [0.15, 0.2) is 47.4 Å². The lowest BCUT2D eigenvalue weighted by Crippen LogP contribution is -2.36. The fourth-order valence-corrected chi connectivity index (χ4v) is 5.23. The van der Waals surface area contributed by atoms with Gasteiger partial charge < -0.3 is 5.32 Å². The van der Waals surface area contributed by atoms with E-state index in [-0.39, 0.29) is 27.9 Å². The molecule has 0 unspecified atom stereocenters. The molecule has 0 bridgehead atoms. The third-order valence-electron chi connectivity index (χ3n) is 4.52. The fourth-order valence-electron chi connectivity index (χ4n) is 3.01. The molecule has 0 spiro atoms. The van der Waals surface area contributed by atoms with E-state index >= 15 is 0 Å². The SMILES string of the molecule is O=C(NCc1ccccc1Cl)c1ccc(Cl)c(S(=O)(=O)N2CCCCC2)c1. The van der Waals surface area contributed by atoms with Crippen molar-refractivity contribution in [1.82, 2.24) is 9.62 Å². The number of halogens is 2. The smallest absolute Gasteiger partial charge is 0.251 e. The number of piperidine rings is 1. The predicted octanol–water partition coefficient (Wildman–Crippen LogP) is 4.10. The van der Waals surface area contributed by atoms with Crippen LogP contribution in [0.3, 0.4) is 0 Å². The van der Waals surface area contributed by atoms with E-state index in [1.54, 1.807) is 6.07 Å². The van der Waals surface area contributed by atoms with Crippen LogP contribution in [0.25, 0.3) is 0 Å². The molecule has 1 aliphatic heterocycles. The predicted molar refractivity (Wildman–Crippen MR) is 107 cm³/mol. The first-order chi connectivity index (χ1) is 12.9. The van der Waals surface area contributed by atoms with Crippen molar-refractivity contribution in [2.75, 3.05) is 13.1 Å². The summed E-state index contributed by atoms with van der Waals surface area (Å²) >= 11 is 12.2. The largest absolute Gasteiger partial charge is 0.348 e. The number of amides is 1. The van der Waals surface area contributed by atoms with Gasteiger partial charge in [0, 0.05) is 30.2 Å². The maximum atomic E-state index is 12.9. The van der Waals surface area contributed by atoms with Gasteiger partial charge in [0.2, 0.25) is 10.0 Å². The summed E-state index contributed by atoms with van der Waals surface area (Å²) in [6, 6.07) is 11.5. The van der Waals surface area contributed by atoms with Crippen LogP contribution in [0, 0.1) is 0 Å². The van der Waals surface area contributed by atoms with Gasteiger partial charge >= 0.3 is 0 Å². The first kappa shape index (κ1) is 20.1. The van der Waals surface area contributed by atoms with E-state index in [9.17, 15) is 13.2 Å². The Kier molecular flexibility index (Phi) is 6.42. The second kappa shape index (κ2) is 8.61. The molecule has 144 valence electrons. The molecule has 1 aliphatic rings. The molecule has 8 heteroatoms. The minimum absolute atomic E-state index is 0.0311. The summed E-state index contributed by atoms with van der Waals surface area (Å²) in [6.45, 7) is 1.19. The molecule has 2 aromatic carbocycles. The van der Waals surface area contributed by atoms with Crippen LogP contribution in [0.1, 0.15) is 35.2 Å². The average Bonchev–Trinajstić information content (AvgIpc) is 2.68. The summed E-state index contributed by atoms with van der Waals surface area (Å²) in [5.41, 5.74) is 1.02. The van der Waals surface area contributed by atoms with Gasteiger partial charge in [0.1, 0.15) is 4.90 Å². The lowest BCUT2D eigenvalue weighted by molar-refractivity contribution is 0.0950. The summed E-state index contributed by atoms with van der Waals surface area (Å²) in [7, 11) is -3.72. The van der Waals surface area contributed by atoms with E-state index in [1.165, 1.54) is 22.5 Å². The van der Waals surface area contributed by atoms with Crippen molar-refractivity contribution in [3.63, 3.8) is 0 Å². The number of nitrogens with one attached hydrogen (secondary N) is 1. The van der Waals surface area contributed by atoms with E-state index in [4.69, 9.17) is 23.2 Å². The molecule has 0 aliphatic carbocycles. The Hall–Kier alpha value is -1.60. The Bertz CT molecular complexity index is 942. The maximum Gasteiger partial charge on any atom is 0.251 e. The normalized spacial score (nSPS) is 15.5. The molecule has 3 rings (SSSR count). The van der Waals surface area contributed by atoms with E-state index < -0.39 is 10.0 Å². The maximum absolute atomic E-state index is 12.9. The number of nitrogens with zero attached hydrogens (tertiary/aromatic N) is 1. The first-order valence-corrected chi connectivity index (χ1v) is 10.9. The first-order valence-electron chi connectivity index (χ1n) is 8.71. The van der Waals surface area contributed by atoms with Gasteiger partial charge in [-0.1, -0.05) is 47.8 Å². The summed E-state index contributed by atoms with van der Waals surface area (Å²) in [5.74, 6) is -0.387. The van der Waals surface area contributed by atoms with Crippen molar-refractivity contribution in [2.45, 2.75) is 30.7 Å². The number of carbonyl (C=O) groups is 1. The standard InChI is InChI=1S/C19H20Cl2N2O3S/c20-16-7-3-2-6-15(16)13-22-19(24)14-8-9-17(21)18(12-14)27(25,26)23-10-4-1-5-11-23/h2-3,6-9,12H,1,4-5,10-11,13H2,(H,22,24). The summed E-state index contributed by atoms with van der Waals surface area (Å²) in [5, 5.41) is 3.43. The van der Waals surface area contributed by atoms with E-state index in [0.29, 0.717) is 18.1 Å². The van der Waals surface area contributed by atoms with Crippen molar-refractivity contribution >= 4 is 39.1 Å². The van der Waals surface area contributed by atoms with Crippen LogP contribution in [0.2, 0.25) is 10.0 Å². The molecule has 2 aromatic rings. The Balaban J connectivity index is 1.80. The van der Waals surface area contributed by atoms with Gasteiger partial charge in [-0.2, -0.15) is 4.31 Å². The van der Waals surface area contributed by atoms with Gasteiger partial charge in [0.25, 0.3) is 5.91 Å². The average molecular weight is 427 g/mol.